The van der Waals surface area contributed by atoms with E-state index in [-0.39, 0.29) is 0 Å². The molecule has 2 rings (SSSR count). The van der Waals surface area contributed by atoms with Crippen LogP contribution in [0.25, 0.3) is 11.6 Å². The fraction of sp³-hybridized carbons (Fsp3) is 0.333. The van der Waals surface area contributed by atoms with E-state index in [0.29, 0.717) is 27.3 Å². The van der Waals surface area contributed by atoms with Crippen LogP contribution in [0.1, 0.15) is 31.0 Å². The molecule has 3 nitrogen and oxygen atoms in total. The van der Waals surface area contributed by atoms with Crippen LogP contribution < -0.4 is 0 Å². The molecular weight excluding hydrogens is 383 g/mol. The fourth-order valence-corrected chi connectivity index (χ4v) is 2.78. The van der Waals surface area contributed by atoms with Gasteiger partial charge in [-0.1, -0.05) is 25.4 Å². The molecule has 0 atom stereocenters. The molecule has 0 aliphatic heterocycles. The van der Waals surface area contributed by atoms with Crippen molar-refractivity contribution in [3.63, 3.8) is 0 Å². The summed E-state index contributed by atoms with van der Waals surface area (Å²) in [5.41, 5.74) is 1.86. The van der Waals surface area contributed by atoms with Crippen molar-refractivity contribution >= 4 is 43.5 Å². The van der Waals surface area contributed by atoms with E-state index in [2.05, 4.69) is 55.7 Å². The standard InChI is InChI=1S/C12H11Br2ClN2O/c1-5(2)9-6(3)16-12(17-11(9)15)8-4-7(13)10(14)18-8/h4-5H,1-3H3. The van der Waals surface area contributed by atoms with Gasteiger partial charge >= 0.3 is 0 Å². The van der Waals surface area contributed by atoms with Crippen LogP contribution in [0.5, 0.6) is 0 Å². The first kappa shape index (κ1) is 14.0. The summed E-state index contributed by atoms with van der Waals surface area (Å²) in [6.07, 6.45) is 0. The summed E-state index contributed by atoms with van der Waals surface area (Å²) < 4.78 is 6.93. The second-order valence-corrected chi connectivity index (χ2v) is 6.16. The predicted molar refractivity (Wildman–Crippen MR) is 79.0 cm³/mol. The summed E-state index contributed by atoms with van der Waals surface area (Å²) in [6.45, 7) is 6.06. The van der Waals surface area contributed by atoms with Crippen LogP contribution in [0.3, 0.4) is 0 Å². The van der Waals surface area contributed by atoms with Crippen LogP contribution in [0.4, 0.5) is 0 Å². The molecule has 96 valence electrons. The van der Waals surface area contributed by atoms with Gasteiger partial charge in [0.1, 0.15) is 5.15 Å². The molecule has 0 N–H and O–H groups in total. The fourth-order valence-electron chi connectivity index (χ4n) is 1.77. The maximum Gasteiger partial charge on any atom is 0.197 e. The topological polar surface area (TPSA) is 38.9 Å². The van der Waals surface area contributed by atoms with E-state index in [0.717, 1.165) is 15.7 Å². The lowest BCUT2D eigenvalue weighted by atomic mass is 10.0. The van der Waals surface area contributed by atoms with Crippen molar-refractivity contribution in [2.75, 3.05) is 0 Å². The largest absolute Gasteiger partial charge is 0.445 e. The van der Waals surface area contributed by atoms with E-state index in [1.165, 1.54) is 0 Å². The number of aromatic nitrogens is 2. The molecule has 2 aromatic heterocycles. The molecule has 2 heterocycles. The Labute approximate surface area is 127 Å². The summed E-state index contributed by atoms with van der Waals surface area (Å²) in [5, 5.41) is 0.483. The van der Waals surface area contributed by atoms with Gasteiger partial charge in [-0.2, -0.15) is 0 Å². The first-order valence-electron chi connectivity index (χ1n) is 5.39. The number of rotatable bonds is 2. The Morgan fingerprint density at radius 1 is 1.28 bits per heavy atom. The van der Waals surface area contributed by atoms with Crippen LogP contribution in [0, 0.1) is 6.92 Å². The third-order valence-electron chi connectivity index (χ3n) is 2.53. The smallest absolute Gasteiger partial charge is 0.197 e. The van der Waals surface area contributed by atoms with Crippen LogP contribution in [-0.4, -0.2) is 9.97 Å². The van der Waals surface area contributed by atoms with E-state index in [4.69, 9.17) is 16.0 Å². The van der Waals surface area contributed by atoms with Gasteiger partial charge in [-0.05, 0) is 44.7 Å². The highest BCUT2D eigenvalue weighted by atomic mass is 79.9. The molecule has 18 heavy (non-hydrogen) atoms. The van der Waals surface area contributed by atoms with E-state index < -0.39 is 0 Å². The van der Waals surface area contributed by atoms with Gasteiger partial charge in [-0.3, -0.25) is 0 Å². The van der Waals surface area contributed by atoms with Crippen LogP contribution in [0.15, 0.2) is 19.6 Å². The van der Waals surface area contributed by atoms with Crippen LogP contribution in [0.2, 0.25) is 5.15 Å². The first-order chi connectivity index (χ1) is 8.40. The minimum absolute atomic E-state index is 0.293. The minimum Gasteiger partial charge on any atom is -0.445 e. The molecule has 0 bridgehead atoms. The molecule has 0 spiro atoms. The second kappa shape index (κ2) is 5.31. The number of halogens is 3. The molecule has 6 heteroatoms. The molecule has 0 radical (unpaired) electrons. The third-order valence-corrected chi connectivity index (χ3v) is 4.53. The van der Waals surface area contributed by atoms with Gasteiger partial charge in [-0.25, -0.2) is 9.97 Å². The van der Waals surface area contributed by atoms with Crippen molar-refractivity contribution < 1.29 is 4.42 Å². The van der Waals surface area contributed by atoms with Crippen molar-refractivity contribution in [3.8, 4) is 11.6 Å². The Kier molecular flexibility index (Phi) is 4.14. The van der Waals surface area contributed by atoms with E-state index in [1.54, 1.807) is 0 Å². The maximum atomic E-state index is 6.21. The molecule has 0 aliphatic rings. The number of furan rings is 1. The first-order valence-corrected chi connectivity index (χ1v) is 7.35. The molecule has 2 aromatic rings. The molecule has 0 unspecified atom stereocenters. The van der Waals surface area contributed by atoms with E-state index in [1.807, 2.05) is 13.0 Å². The zero-order valence-electron chi connectivity index (χ0n) is 10.1. The maximum absolute atomic E-state index is 6.21. The number of nitrogens with zero attached hydrogens (tertiary/aromatic N) is 2. The predicted octanol–water partition coefficient (Wildman–Crippen LogP) is 5.35. The second-order valence-electron chi connectivity index (χ2n) is 4.22. The van der Waals surface area contributed by atoms with Gasteiger partial charge in [0.05, 0.1) is 4.47 Å². The van der Waals surface area contributed by atoms with Gasteiger partial charge in [0.2, 0.25) is 0 Å². The highest BCUT2D eigenvalue weighted by Crippen LogP contribution is 2.33. The third kappa shape index (κ3) is 2.63. The summed E-state index contributed by atoms with van der Waals surface area (Å²) in [7, 11) is 0. The van der Waals surface area contributed by atoms with Gasteiger partial charge in [0, 0.05) is 17.3 Å². The van der Waals surface area contributed by atoms with Crippen LogP contribution >= 0.6 is 43.5 Å². The Morgan fingerprint density at radius 3 is 2.39 bits per heavy atom. The van der Waals surface area contributed by atoms with Crippen molar-refractivity contribution in [1.82, 2.24) is 9.97 Å². The van der Waals surface area contributed by atoms with Gasteiger partial charge in [-0.15, -0.1) is 0 Å². The molecule has 0 aliphatic carbocycles. The highest BCUT2D eigenvalue weighted by molar-refractivity contribution is 9.13. The van der Waals surface area contributed by atoms with Crippen molar-refractivity contribution in [2.45, 2.75) is 26.7 Å². The zero-order valence-corrected chi connectivity index (χ0v) is 14.0. The minimum atomic E-state index is 0.293. The normalized spacial score (nSPS) is 11.3. The molecule has 0 fully saturated rings. The van der Waals surface area contributed by atoms with Crippen molar-refractivity contribution in [3.05, 3.63) is 31.6 Å². The molecular formula is C12H11Br2ClN2O. The Hall–Kier alpha value is -0.390. The summed E-state index contributed by atoms with van der Waals surface area (Å²) in [6, 6.07) is 1.81. The molecule has 0 saturated carbocycles. The van der Waals surface area contributed by atoms with E-state index in [9.17, 15) is 0 Å². The highest BCUT2D eigenvalue weighted by Gasteiger charge is 2.17. The lowest BCUT2D eigenvalue weighted by Gasteiger charge is -2.11. The average molecular weight is 394 g/mol. The van der Waals surface area contributed by atoms with E-state index >= 15 is 0 Å². The van der Waals surface area contributed by atoms with Gasteiger partial charge in [0.15, 0.2) is 16.3 Å². The summed E-state index contributed by atoms with van der Waals surface area (Å²) >= 11 is 12.9. The zero-order chi connectivity index (χ0) is 13.4. The lowest BCUT2D eigenvalue weighted by molar-refractivity contribution is 0.549. The number of aryl methyl sites for hydroxylation is 1. The Bertz CT molecular complexity index is 553. The number of hydrogen-bond acceptors (Lipinski definition) is 3. The quantitative estimate of drug-likeness (QED) is 0.645. The monoisotopic (exact) mass is 392 g/mol. The van der Waals surface area contributed by atoms with Crippen LogP contribution in [-0.2, 0) is 0 Å². The Morgan fingerprint density at radius 2 is 1.94 bits per heavy atom. The SMILES string of the molecule is Cc1nc(-c2cc(Br)c(Br)o2)nc(Cl)c1C(C)C. The molecule has 0 saturated heterocycles. The average Bonchev–Trinajstić information content (AvgIpc) is 2.57. The lowest BCUT2D eigenvalue weighted by Crippen LogP contribution is -2.01. The molecule has 0 aromatic carbocycles. The van der Waals surface area contributed by atoms with Crippen molar-refractivity contribution in [2.24, 2.45) is 0 Å². The van der Waals surface area contributed by atoms with Crippen molar-refractivity contribution in [1.29, 1.82) is 0 Å². The Balaban J connectivity index is 2.54. The summed E-state index contributed by atoms with van der Waals surface area (Å²) in [5.74, 6) is 1.36. The van der Waals surface area contributed by atoms with Gasteiger partial charge in [0.25, 0.3) is 0 Å². The molecule has 0 amide bonds. The number of hydrogen-bond donors (Lipinski definition) is 0. The summed E-state index contributed by atoms with van der Waals surface area (Å²) in [4.78, 5) is 8.75. The van der Waals surface area contributed by atoms with Gasteiger partial charge < -0.3 is 4.42 Å².